The van der Waals surface area contributed by atoms with Gasteiger partial charge in [-0.1, -0.05) is 23.2 Å². The van der Waals surface area contributed by atoms with E-state index in [4.69, 9.17) is 42.5 Å². The van der Waals surface area contributed by atoms with Crippen molar-refractivity contribution < 1.29 is 34.3 Å². The predicted octanol–water partition coefficient (Wildman–Crippen LogP) is 0.598. The van der Waals surface area contributed by atoms with Crippen molar-refractivity contribution in [2.75, 3.05) is 13.7 Å². The molecule has 1 heterocycles. The Kier molecular flexibility index (Phi) is 5.49. The minimum absolute atomic E-state index is 0.0146. The standard InChI is InChI=1S/C13H14Cl2O7/c1-20-10-6(15)3-2-5(14)8(10)12(18)22-11-9(17)7(4-16)21-13(11)19/h2-3,7,9,11,13,16-17,19H,4H2,1H3/t7-,9-,11+,13+/m0/s1. The number of hydrogen-bond acceptors (Lipinski definition) is 7. The molecule has 0 amide bonds. The highest BCUT2D eigenvalue weighted by Crippen LogP contribution is 2.35. The van der Waals surface area contributed by atoms with Crippen molar-refractivity contribution in [3.63, 3.8) is 0 Å². The molecule has 7 nitrogen and oxygen atoms in total. The molecule has 0 saturated carbocycles. The summed E-state index contributed by atoms with van der Waals surface area (Å²) in [4.78, 5) is 12.3. The number of carbonyl (C=O) groups is 1. The Bertz CT molecular complexity index is 566. The number of hydrogen-bond donors (Lipinski definition) is 3. The van der Waals surface area contributed by atoms with Gasteiger partial charge in [0.05, 0.1) is 23.8 Å². The van der Waals surface area contributed by atoms with Crippen molar-refractivity contribution in [2.24, 2.45) is 0 Å². The Morgan fingerprint density at radius 1 is 1.32 bits per heavy atom. The van der Waals surface area contributed by atoms with Gasteiger partial charge in [-0.15, -0.1) is 0 Å². The lowest BCUT2D eigenvalue weighted by Gasteiger charge is -2.19. The van der Waals surface area contributed by atoms with Gasteiger partial charge in [-0.2, -0.15) is 0 Å². The summed E-state index contributed by atoms with van der Waals surface area (Å²) < 4.78 is 14.9. The third kappa shape index (κ3) is 3.15. The third-order valence-corrected chi connectivity index (χ3v) is 3.82. The number of aliphatic hydroxyl groups is 3. The molecule has 0 bridgehead atoms. The van der Waals surface area contributed by atoms with Crippen LogP contribution in [-0.4, -0.2) is 59.6 Å². The first-order valence-corrected chi connectivity index (χ1v) is 7.01. The van der Waals surface area contributed by atoms with Crippen LogP contribution < -0.4 is 4.74 Å². The molecule has 1 aliphatic heterocycles. The first kappa shape index (κ1) is 17.3. The molecule has 1 aromatic carbocycles. The van der Waals surface area contributed by atoms with Crippen molar-refractivity contribution in [3.05, 3.63) is 27.7 Å². The molecule has 0 aliphatic carbocycles. The molecule has 1 fully saturated rings. The van der Waals surface area contributed by atoms with E-state index in [2.05, 4.69) is 0 Å². The zero-order chi connectivity index (χ0) is 16.4. The lowest BCUT2D eigenvalue weighted by atomic mass is 10.1. The van der Waals surface area contributed by atoms with Crippen LogP contribution in [0, 0.1) is 0 Å². The van der Waals surface area contributed by atoms with Gasteiger partial charge in [0.25, 0.3) is 0 Å². The molecule has 22 heavy (non-hydrogen) atoms. The van der Waals surface area contributed by atoms with Gasteiger partial charge in [0.1, 0.15) is 17.8 Å². The van der Waals surface area contributed by atoms with E-state index in [9.17, 15) is 15.0 Å². The van der Waals surface area contributed by atoms with Crippen LogP contribution in [0.5, 0.6) is 5.75 Å². The van der Waals surface area contributed by atoms with Gasteiger partial charge in [0, 0.05) is 0 Å². The van der Waals surface area contributed by atoms with Crippen LogP contribution >= 0.6 is 23.2 Å². The Balaban J connectivity index is 2.25. The van der Waals surface area contributed by atoms with Gasteiger partial charge in [0.15, 0.2) is 18.1 Å². The predicted molar refractivity (Wildman–Crippen MR) is 76.2 cm³/mol. The zero-order valence-electron chi connectivity index (χ0n) is 11.4. The van der Waals surface area contributed by atoms with Crippen molar-refractivity contribution in [1.82, 2.24) is 0 Å². The summed E-state index contributed by atoms with van der Waals surface area (Å²) in [5, 5.41) is 28.7. The summed E-state index contributed by atoms with van der Waals surface area (Å²) in [6, 6.07) is 2.83. The van der Waals surface area contributed by atoms with Crippen LogP contribution in [0.1, 0.15) is 10.4 Å². The zero-order valence-corrected chi connectivity index (χ0v) is 12.9. The van der Waals surface area contributed by atoms with Crippen LogP contribution in [0.4, 0.5) is 0 Å². The number of methoxy groups -OCH3 is 1. The summed E-state index contributed by atoms with van der Waals surface area (Å²) >= 11 is 11.9. The van der Waals surface area contributed by atoms with Crippen LogP contribution in [0.15, 0.2) is 12.1 Å². The Morgan fingerprint density at radius 3 is 2.50 bits per heavy atom. The Labute approximate surface area is 135 Å². The summed E-state index contributed by atoms with van der Waals surface area (Å²) in [6.07, 6.45) is -5.37. The highest BCUT2D eigenvalue weighted by Gasteiger charge is 2.45. The number of esters is 1. The first-order chi connectivity index (χ1) is 10.4. The summed E-state index contributed by atoms with van der Waals surface area (Å²) in [5.74, 6) is -0.935. The molecule has 2 rings (SSSR count). The molecule has 122 valence electrons. The van der Waals surface area contributed by atoms with Gasteiger partial charge in [-0.3, -0.25) is 0 Å². The van der Waals surface area contributed by atoms with E-state index in [1.54, 1.807) is 0 Å². The van der Waals surface area contributed by atoms with Crippen LogP contribution in [0.25, 0.3) is 0 Å². The normalized spacial score (nSPS) is 27.7. The molecular formula is C13H14Cl2O7. The molecule has 0 radical (unpaired) electrons. The summed E-state index contributed by atoms with van der Waals surface area (Å²) in [5.41, 5.74) is -0.136. The fraction of sp³-hybridized carbons (Fsp3) is 0.462. The number of halogens is 2. The van der Waals surface area contributed by atoms with Crippen molar-refractivity contribution in [3.8, 4) is 5.75 Å². The summed E-state index contributed by atoms with van der Waals surface area (Å²) in [7, 11) is 1.30. The second kappa shape index (κ2) is 6.99. The summed E-state index contributed by atoms with van der Waals surface area (Å²) in [6.45, 7) is -0.534. The van der Waals surface area contributed by atoms with E-state index in [0.717, 1.165) is 0 Å². The second-order valence-electron chi connectivity index (χ2n) is 4.55. The Morgan fingerprint density at radius 2 is 1.95 bits per heavy atom. The maximum Gasteiger partial charge on any atom is 0.344 e. The highest BCUT2D eigenvalue weighted by molar-refractivity contribution is 6.37. The quantitative estimate of drug-likeness (QED) is 0.681. The fourth-order valence-corrected chi connectivity index (χ4v) is 2.56. The average molecular weight is 353 g/mol. The topological polar surface area (TPSA) is 105 Å². The lowest BCUT2D eigenvalue weighted by Crippen LogP contribution is -2.38. The molecule has 1 aromatic rings. The second-order valence-corrected chi connectivity index (χ2v) is 5.36. The van der Waals surface area contributed by atoms with E-state index in [0.29, 0.717) is 0 Å². The van der Waals surface area contributed by atoms with Gasteiger partial charge in [0.2, 0.25) is 0 Å². The molecule has 9 heteroatoms. The van der Waals surface area contributed by atoms with E-state index >= 15 is 0 Å². The van der Waals surface area contributed by atoms with Gasteiger partial charge >= 0.3 is 5.97 Å². The smallest absolute Gasteiger partial charge is 0.344 e. The molecule has 0 unspecified atom stereocenters. The Hall–Kier alpha value is -1.09. The molecule has 1 saturated heterocycles. The average Bonchev–Trinajstić information content (AvgIpc) is 2.76. The third-order valence-electron chi connectivity index (χ3n) is 3.20. The van der Waals surface area contributed by atoms with Crippen LogP contribution in [0.3, 0.4) is 0 Å². The lowest BCUT2D eigenvalue weighted by molar-refractivity contribution is -0.135. The van der Waals surface area contributed by atoms with Crippen molar-refractivity contribution >= 4 is 29.2 Å². The number of aliphatic hydroxyl groups excluding tert-OH is 3. The number of carbonyl (C=O) groups excluding carboxylic acids is 1. The van der Waals surface area contributed by atoms with Gasteiger partial charge in [-0.05, 0) is 12.1 Å². The molecule has 4 atom stereocenters. The fourth-order valence-electron chi connectivity index (χ4n) is 2.10. The monoisotopic (exact) mass is 352 g/mol. The molecule has 3 N–H and O–H groups in total. The molecular weight excluding hydrogens is 339 g/mol. The van der Waals surface area contributed by atoms with Gasteiger partial charge in [-0.25, -0.2) is 4.79 Å². The minimum atomic E-state index is -1.57. The molecule has 0 aromatic heterocycles. The van der Waals surface area contributed by atoms with E-state index in [-0.39, 0.29) is 21.4 Å². The SMILES string of the molecule is COc1c(Cl)ccc(Cl)c1C(=O)O[C@@H]1[C@@H](O)[C@H](CO)O[C@H]1O. The highest BCUT2D eigenvalue weighted by atomic mass is 35.5. The largest absolute Gasteiger partial charge is 0.494 e. The van der Waals surface area contributed by atoms with Crippen molar-refractivity contribution in [1.29, 1.82) is 0 Å². The minimum Gasteiger partial charge on any atom is -0.494 e. The van der Waals surface area contributed by atoms with Crippen LogP contribution in [-0.2, 0) is 9.47 Å². The van der Waals surface area contributed by atoms with E-state index in [1.807, 2.05) is 0 Å². The van der Waals surface area contributed by atoms with Crippen LogP contribution in [0.2, 0.25) is 10.0 Å². The number of rotatable bonds is 4. The molecule has 0 spiro atoms. The number of ether oxygens (including phenoxy) is 3. The van der Waals surface area contributed by atoms with E-state index in [1.165, 1.54) is 19.2 Å². The molecule has 1 aliphatic rings. The maximum absolute atomic E-state index is 12.3. The number of benzene rings is 1. The first-order valence-electron chi connectivity index (χ1n) is 6.26. The van der Waals surface area contributed by atoms with E-state index < -0.39 is 37.2 Å². The maximum atomic E-state index is 12.3. The van der Waals surface area contributed by atoms with Gasteiger partial charge < -0.3 is 29.5 Å². The van der Waals surface area contributed by atoms with Crippen molar-refractivity contribution in [2.45, 2.75) is 24.6 Å².